The maximum atomic E-state index is 12.9. The van der Waals surface area contributed by atoms with Gasteiger partial charge in [-0.2, -0.15) is 13.2 Å². The van der Waals surface area contributed by atoms with Crippen molar-refractivity contribution in [2.24, 2.45) is 0 Å². The van der Waals surface area contributed by atoms with Gasteiger partial charge in [0.25, 0.3) is 0 Å². The van der Waals surface area contributed by atoms with Crippen molar-refractivity contribution in [2.75, 3.05) is 5.75 Å². The summed E-state index contributed by atoms with van der Waals surface area (Å²) in [4.78, 5) is 14.2. The third-order valence-corrected chi connectivity index (χ3v) is 3.60. The van der Waals surface area contributed by atoms with E-state index in [1.54, 1.807) is 0 Å². The fraction of sp³-hybridized carbons (Fsp3) is 0.556. The SMILES string of the molecule is O=C(O)CSc1nccn1C1(C(F)(F)F)CC1. The zero-order valence-corrected chi connectivity index (χ0v) is 9.38. The molecule has 0 unspecified atom stereocenters. The molecule has 0 spiro atoms. The van der Waals surface area contributed by atoms with Gasteiger partial charge in [-0.15, -0.1) is 0 Å². The van der Waals surface area contributed by atoms with Crippen molar-refractivity contribution >= 4 is 17.7 Å². The zero-order valence-electron chi connectivity index (χ0n) is 8.57. The number of nitrogens with zero attached hydrogens (tertiary/aromatic N) is 2. The monoisotopic (exact) mass is 266 g/mol. The molecule has 0 aromatic carbocycles. The molecule has 1 aliphatic rings. The van der Waals surface area contributed by atoms with E-state index in [1.807, 2.05) is 0 Å². The third kappa shape index (κ3) is 2.13. The van der Waals surface area contributed by atoms with E-state index >= 15 is 0 Å². The molecule has 4 nitrogen and oxygen atoms in total. The molecule has 8 heteroatoms. The molecule has 0 radical (unpaired) electrons. The van der Waals surface area contributed by atoms with Crippen LogP contribution in [0.5, 0.6) is 0 Å². The van der Waals surface area contributed by atoms with Crippen LogP contribution in [0.3, 0.4) is 0 Å². The predicted octanol–water partition coefficient (Wildman–Crippen LogP) is 2.11. The lowest BCUT2D eigenvalue weighted by Crippen LogP contribution is -2.34. The van der Waals surface area contributed by atoms with Crippen molar-refractivity contribution in [2.45, 2.75) is 29.7 Å². The summed E-state index contributed by atoms with van der Waals surface area (Å²) in [6.07, 6.45) is -1.77. The van der Waals surface area contributed by atoms with Crippen molar-refractivity contribution in [1.29, 1.82) is 0 Å². The number of halogens is 3. The van der Waals surface area contributed by atoms with Crippen LogP contribution in [0.15, 0.2) is 17.6 Å². The molecule has 1 saturated carbocycles. The maximum Gasteiger partial charge on any atom is 0.412 e. The van der Waals surface area contributed by atoms with Crippen molar-refractivity contribution < 1.29 is 23.1 Å². The second kappa shape index (κ2) is 3.94. The number of carbonyl (C=O) groups is 1. The number of imidazole rings is 1. The Morgan fingerprint density at radius 3 is 2.71 bits per heavy atom. The van der Waals surface area contributed by atoms with Gasteiger partial charge in [0.2, 0.25) is 0 Å². The van der Waals surface area contributed by atoms with Gasteiger partial charge >= 0.3 is 12.1 Å². The Hall–Kier alpha value is -1.18. The summed E-state index contributed by atoms with van der Waals surface area (Å²) < 4.78 is 39.6. The van der Waals surface area contributed by atoms with Gasteiger partial charge in [-0.05, 0) is 12.8 Å². The number of aromatic nitrogens is 2. The topological polar surface area (TPSA) is 55.1 Å². The lowest BCUT2D eigenvalue weighted by molar-refractivity contribution is -0.181. The molecule has 2 rings (SSSR count). The van der Waals surface area contributed by atoms with Gasteiger partial charge in [0.1, 0.15) is 5.54 Å². The highest BCUT2D eigenvalue weighted by molar-refractivity contribution is 7.99. The Bertz CT molecular complexity index is 440. The summed E-state index contributed by atoms with van der Waals surface area (Å²) in [6, 6.07) is 0. The van der Waals surface area contributed by atoms with E-state index in [0.717, 1.165) is 16.3 Å². The summed E-state index contributed by atoms with van der Waals surface area (Å²) >= 11 is 0.797. The highest BCUT2D eigenvalue weighted by atomic mass is 32.2. The molecule has 0 atom stereocenters. The summed E-state index contributed by atoms with van der Waals surface area (Å²) in [5.41, 5.74) is -1.87. The fourth-order valence-corrected chi connectivity index (χ4v) is 2.39. The predicted molar refractivity (Wildman–Crippen MR) is 53.8 cm³/mol. The first-order valence-corrected chi connectivity index (χ1v) is 5.80. The van der Waals surface area contributed by atoms with Crippen LogP contribution in [-0.4, -0.2) is 32.6 Å². The number of carboxylic acid groups (broad SMARTS) is 1. The van der Waals surface area contributed by atoms with Crippen LogP contribution < -0.4 is 0 Å². The minimum absolute atomic E-state index is 0.0213. The molecule has 0 aliphatic heterocycles. The summed E-state index contributed by atoms with van der Waals surface area (Å²) in [7, 11) is 0. The molecular weight excluding hydrogens is 257 g/mol. The number of thioether (sulfide) groups is 1. The van der Waals surface area contributed by atoms with Crippen molar-refractivity contribution in [1.82, 2.24) is 9.55 Å². The number of alkyl halides is 3. The zero-order chi connectivity index (χ0) is 12.7. The molecule has 17 heavy (non-hydrogen) atoms. The van der Waals surface area contributed by atoms with Crippen LogP contribution in [0, 0.1) is 0 Å². The quantitative estimate of drug-likeness (QED) is 0.848. The van der Waals surface area contributed by atoms with E-state index in [9.17, 15) is 18.0 Å². The number of hydrogen-bond donors (Lipinski definition) is 1. The Morgan fingerprint density at radius 2 is 2.24 bits per heavy atom. The first-order chi connectivity index (χ1) is 7.87. The van der Waals surface area contributed by atoms with Gasteiger partial charge < -0.3 is 9.67 Å². The highest BCUT2D eigenvalue weighted by Crippen LogP contribution is 2.56. The normalized spacial score (nSPS) is 18.1. The van der Waals surface area contributed by atoms with Crippen LogP contribution >= 0.6 is 11.8 Å². The minimum Gasteiger partial charge on any atom is -0.481 e. The molecule has 1 aromatic rings. The van der Waals surface area contributed by atoms with E-state index in [-0.39, 0.29) is 23.8 Å². The van der Waals surface area contributed by atoms with Gasteiger partial charge in [-0.25, -0.2) is 4.98 Å². The Balaban J connectivity index is 2.23. The Labute approximate surface area is 98.8 Å². The number of aliphatic carboxylic acids is 1. The van der Waals surface area contributed by atoms with Gasteiger partial charge in [-0.3, -0.25) is 4.79 Å². The van der Waals surface area contributed by atoms with Gasteiger partial charge in [0.05, 0.1) is 5.75 Å². The van der Waals surface area contributed by atoms with Crippen LogP contribution in [0.4, 0.5) is 13.2 Å². The average Bonchev–Trinajstić information content (AvgIpc) is 2.89. The Morgan fingerprint density at radius 1 is 1.59 bits per heavy atom. The van der Waals surface area contributed by atoms with Crippen molar-refractivity contribution in [3.63, 3.8) is 0 Å². The van der Waals surface area contributed by atoms with Crippen LogP contribution in [-0.2, 0) is 10.3 Å². The van der Waals surface area contributed by atoms with E-state index in [0.29, 0.717) is 0 Å². The summed E-state index contributed by atoms with van der Waals surface area (Å²) in [5.74, 6) is -1.38. The molecule has 1 aromatic heterocycles. The van der Waals surface area contributed by atoms with Gasteiger partial charge in [0.15, 0.2) is 5.16 Å². The van der Waals surface area contributed by atoms with E-state index in [1.165, 1.54) is 12.4 Å². The third-order valence-electron chi connectivity index (χ3n) is 2.64. The molecule has 94 valence electrons. The molecule has 1 N–H and O–H groups in total. The first-order valence-electron chi connectivity index (χ1n) is 4.82. The molecule has 0 amide bonds. The van der Waals surface area contributed by atoms with Crippen LogP contribution in [0.1, 0.15) is 12.8 Å². The van der Waals surface area contributed by atoms with E-state index < -0.39 is 17.7 Å². The van der Waals surface area contributed by atoms with Gasteiger partial charge in [0, 0.05) is 12.4 Å². The molecule has 1 fully saturated rings. The summed E-state index contributed by atoms with van der Waals surface area (Å²) in [5, 5.41) is 8.60. The van der Waals surface area contributed by atoms with Crippen LogP contribution in [0.2, 0.25) is 0 Å². The molecule has 1 heterocycles. The average molecular weight is 266 g/mol. The molecule has 0 bridgehead atoms. The van der Waals surface area contributed by atoms with Crippen molar-refractivity contribution in [3.05, 3.63) is 12.4 Å². The minimum atomic E-state index is -4.33. The smallest absolute Gasteiger partial charge is 0.412 e. The molecular formula is C9H9F3N2O2S. The number of carboxylic acids is 1. The molecule has 1 aliphatic carbocycles. The largest absolute Gasteiger partial charge is 0.481 e. The van der Waals surface area contributed by atoms with Crippen molar-refractivity contribution in [3.8, 4) is 0 Å². The highest BCUT2D eigenvalue weighted by Gasteiger charge is 2.65. The van der Waals surface area contributed by atoms with E-state index in [4.69, 9.17) is 5.11 Å². The lowest BCUT2D eigenvalue weighted by atomic mass is 10.2. The Kier molecular flexibility index (Phi) is 2.84. The van der Waals surface area contributed by atoms with Gasteiger partial charge in [-0.1, -0.05) is 11.8 Å². The summed E-state index contributed by atoms with van der Waals surface area (Å²) in [6.45, 7) is 0. The maximum absolute atomic E-state index is 12.9. The molecule has 0 saturated heterocycles. The standard InChI is InChI=1S/C9H9F3N2O2S/c10-9(11,12)8(1-2-8)14-4-3-13-7(14)17-5-6(15)16/h3-4H,1-2,5H2,(H,15,16). The second-order valence-corrected chi connectivity index (χ2v) is 4.73. The fourth-order valence-electron chi connectivity index (χ4n) is 1.63. The number of rotatable bonds is 4. The lowest BCUT2D eigenvalue weighted by Gasteiger charge is -2.22. The second-order valence-electron chi connectivity index (χ2n) is 3.79. The number of hydrogen-bond acceptors (Lipinski definition) is 3. The van der Waals surface area contributed by atoms with Crippen LogP contribution in [0.25, 0.3) is 0 Å². The first kappa shape index (κ1) is 12.3. The van der Waals surface area contributed by atoms with E-state index in [2.05, 4.69) is 4.98 Å².